The lowest BCUT2D eigenvalue weighted by molar-refractivity contribution is -0.374. The molecule has 788 valence electrons. The van der Waals surface area contributed by atoms with Gasteiger partial charge in [-0.1, -0.05) is 36.4 Å². The third-order valence-electron chi connectivity index (χ3n) is 16.7. The van der Waals surface area contributed by atoms with Crippen molar-refractivity contribution in [3.63, 3.8) is 0 Å². The zero-order chi connectivity index (χ0) is 103. The number of amides is 5. The molecule has 0 heterocycles. The van der Waals surface area contributed by atoms with Gasteiger partial charge in [-0.15, -0.1) is 0 Å². The van der Waals surface area contributed by atoms with Crippen molar-refractivity contribution in [1.82, 2.24) is 26.6 Å². The van der Waals surface area contributed by atoms with Crippen molar-refractivity contribution >= 4 is 65.5 Å². The number of carboxylic acids is 1. The Hall–Kier alpha value is -10.3. The number of rotatable bonds is 66. The summed E-state index contributed by atoms with van der Waals surface area (Å²) in [5.41, 5.74) is 2.60. The van der Waals surface area contributed by atoms with Gasteiger partial charge in [0.1, 0.15) is 57.3 Å². The van der Waals surface area contributed by atoms with Gasteiger partial charge in [-0.2, -0.15) is 8.78 Å². The summed E-state index contributed by atoms with van der Waals surface area (Å²) in [5.74, 6) is -13.5. The first-order chi connectivity index (χ1) is 65.1. The number of carbonyl (C=O) groups excluding carboxylic acids is 10. The van der Waals surface area contributed by atoms with Crippen LogP contribution in [0.5, 0.6) is 23.0 Å². The average molecular weight is 2010 g/mol. The molecule has 3 unspecified atom stereocenters. The van der Waals surface area contributed by atoms with E-state index in [9.17, 15) is 75.4 Å². The van der Waals surface area contributed by atoms with Crippen LogP contribution in [-0.2, 0) is 143 Å². The number of esters is 4. The summed E-state index contributed by atoms with van der Waals surface area (Å²) in [4.78, 5) is 133. The van der Waals surface area contributed by atoms with Crippen LogP contribution in [-0.4, -0.2) is 315 Å². The lowest BCUT2D eigenvalue weighted by Crippen LogP contribution is -3.00. The molecule has 44 heteroatoms. The first kappa shape index (κ1) is 127. The quantitative estimate of drug-likeness (QED) is 0.00779. The second-order valence-corrected chi connectivity index (χ2v) is 35.0. The fourth-order valence-electron chi connectivity index (χ4n) is 10.7. The van der Waals surface area contributed by atoms with Gasteiger partial charge in [0, 0.05) is 51.3 Å². The first-order valence-corrected chi connectivity index (χ1v) is 45.2. The lowest BCUT2D eigenvalue weighted by Gasteiger charge is -2.20. The van der Waals surface area contributed by atoms with Crippen LogP contribution in [0.4, 0.5) is 27.2 Å². The van der Waals surface area contributed by atoms with Gasteiger partial charge in [-0.25, -0.2) is 42.3 Å². The van der Waals surface area contributed by atoms with Crippen LogP contribution in [0, 0.1) is 23.3 Å². The number of Topliss-reactive ketones (excluding diaryl/α,β-unsaturated/α-hetero) is 1. The van der Waals surface area contributed by atoms with E-state index in [0.717, 1.165) is 12.1 Å². The number of nitrogens with one attached hydrogen (secondary N) is 5. The van der Waals surface area contributed by atoms with Gasteiger partial charge in [-0.3, -0.25) is 19.2 Å². The lowest BCUT2D eigenvalue weighted by atomic mass is 10.0. The fourth-order valence-corrected chi connectivity index (χ4v) is 10.7. The van der Waals surface area contributed by atoms with Crippen molar-refractivity contribution in [2.75, 3.05) is 198 Å². The molecule has 0 aliphatic rings. The fraction of sp³-hybridized carbons (Fsp3) is 0.632. The predicted molar refractivity (Wildman–Crippen MR) is 490 cm³/mol. The Bertz CT molecular complexity index is 4160. The Morgan fingerprint density at radius 3 is 0.849 bits per heavy atom. The molecule has 0 spiro atoms. The number of hydrogen-bond acceptors (Lipinski definition) is 32. The maximum absolute atomic E-state index is 14.3. The molecule has 0 saturated heterocycles. The predicted octanol–water partition coefficient (Wildman–Crippen LogP) is 4.80. The number of ketones is 1. The van der Waals surface area contributed by atoms with Crippen LogP contribution in [0.1, 0.15) is 147 Å². The van der Waals surface area contributed by atoms with E-state index in [1.807, 2.05) is 0 Å². The number of carbonyl (C=O) groups is 11. The van der Waals surface area contributed by atoms with Crippen LogP contribution in [0.2, 0.25) is 0 Å². The van der Waals surface area contributed by atoms with Crippen molar-refractivity contribution in [3.8, 4) is 23.0 Å². The van der Waals surface area contributed by atoms with Gasteiger partial charge < -0.3 is 149 Å². The summed E-state index contributed by atoms with van der Waals surface area (Å²) in [7, 11) is 0. The third kappa shape index (κ3) is 69.3. The van der Waals surface area contributed by atoms with E-state index in [0.29, 0.717) is 154 Å². The van der Waals surface area contributed by atoms with Gasteiger partial charge in [0.25, 0.3) is 0 Å². The van der Waals surface area contributed by atoms with Crippen molar-refractivity contribution in [2.24, 2.45) is 0 Å². The van der Waals surface area contributed by atoms with Crippen molar-refractivity contribution in [1.29, 1.82) is 0 Å². The molecule has 5 amide bonds. The van der Waals surface area contributed by atoms with Crippen molar-refractivity contribution in [3.05, 3.63) is 119 Å². The summed E-state index contributed by atoms with van der Waals surface area (Å²) in [6.45, 7) is 36.3. The zero-order valence-corrected chi connectivity index (χ0v) is 83.6. The monoisotopic (exact) mass is 2010 g/mol. The van der Waals surface area contributed by atoms with Crippen molar-refractivity contribution < 1.29 is 193 Å². The van der Waals surface area contributed by atoms with Crippen LogP contribution in [0.3, 0.4) is 0 Å². The second kappa shape index (κ2) is 71.2. The molecule has 0 radical (unpaired) electrons. The van der Waals surface area contributed by atoms with Gasteiger partial charge in [0.15, 0.2) is 37.2 Å². The summed E-state index contributed by atoms with van der Waals surface area (Å²) in [5, 5.41) is 22.3. The molecule has 0 aliphatic heterocycles. The van der Waals surface area contributed by atoms with Crippen LogP contribution < -0.4 is 63.7 Å². The largest absolute Gasteiger partial charge is 1.00 e. The summed E-state index contributed by atoms with van der Waals surface area (Å²) >= 11 is 0. The molecule has 0 fully saturated rings. The molecule has 4 aromatic rings. The molecule has 139 heavy (non-hydrogen) atoms. The van der Waals surface area contributed by atoms with E-state index in [1.165, 1.54) is 31.2 Å². The average Bonchev–Trinajstić information content (AvgIpc) is 0.809. The normalized spacial score (nSPS) is 12.1. The molecular formula is C95H145ClF4N6O33. The minimum Gasteiger partial charge on any atom is -1.00 e. The number of aliphatic carboxylic acids is 1. The third-order valence-corrected chi connectivity index (χ3v) is 16.7. The number of hydrogen-bond donors (Lipinski definition) is 7. The highest BCUT2D eigenvalue weighted by molar-refractivity contribution is 5.88. The van der Waals surface area contributed by atoms with Gasteiger partial charge in [0.05, 0.1) is 171 Å². The Morgan fingerprint density at radius 1 is 0.338 bits per heavy atom. The van der Waals surface area contributed by atoms with Crippen LogP contribution >= 0.6 is 0 Å². The maximum atomic E-state index is 14.3. The molecule has 0 aliphatic carbocycles. The van der Waals surface area contributed by atoms with Crippen LogP contribution in [0.25, 0.3) is 0 Å². The molecule has 0 bridgehead atoms. The topological polar surface area (TPSA) is 490 Å². The summed E-state index contributed by atoms with van der Waals surface area (Å²) in [6, 6.07) is 16.1. The number of carboxylic acid groups (broad SMARTS) is 1. The molecule has 3 atom stereocenters. The second-order valence-electron chi connectivity index (χ2n) is 35.0. The van der Waals surface area contributed by atoms with E-state index in [-0.39, 0.29) is 134 Å². The number of alkyl carbamates (subject to hydrolysis) is 2. The highest BCUT2D eigenvalue weighted by Gasteiger charge is 2.31. The molecule has 0 aromatic heterocycles. The molecule has 39 nitrogen and oxygen atoms in total. The molecule has 4 rings (SSSR count). The number of quaternary nitrogens is 1. The molecule has 9 N–H and O–H groups in total. The van der Waals surface area contributed by atoms with Gasteiger partial charge in [0.2, 0.25) is 35.1 Å². The molecule has 4 aromatic carbocycles. The Balaban J connectivity index is 0.00000106. The van der Waals surface area contributed by atoms with E-state index >= 15 is 0 Å². The van der Waals surface area contributed by atoms with E-state index in [4.69, 9.17) is 99.5 Å². The minimum absolute atomic E-state index is 0. The summed E-state index contributed by atoms with van der Waals surface area (Å²) in [6.07, 6.45) is -0.969. The first-order valence-electron chi connectivity index (χ1n) is 45.2. The Kier molecular flexibility index (Phi) is 64.9. The maximum Gasteiger partial charge on any atom is 0.407 e. The van der Waals surface area contributed by atoms with E-state index in [2.05, 4.69) is 32.3 Å². The SMILES string of the molecule is CC(=O)C(Cc1ccc(OCC(=O)OC(C)(C)C)cc1)NC(=O)CCOCCOCCOCCOCCNC(=O)OC(C)(C)C.CC(C)(C)OC(=O)COc1ccc(CC(NC(=O)CCOCCOCCOCCOCCNC(=O)OC(C)(C)C)C(=O)Oc2c(F)c(F)cc(F)c2F)cc1.CC(C)(C)OC(=O)COc1ccc(CC(NC(=O)CCOCCOCCOCCOCC[NH3+])C(=O)O)cc1.[Cl-]. The zero-order valence-electron chi connectivity index (χ0n) is 82.8. The van der Waals surface area contributed by atoms with E-state index < -0.39 is 129 Å². The molecule has 0 saturated carbocycles. The number of halogens is 5. The Morgan fingerprint density at radius 2 is 0.583 bits per heavy atom. The van der Waals surface area contributed by atoms with Crippen LogP contribution in [0.15, 0.2) is 78.9 Å². The number of benzene rings is 4. The van der Waals surface area contributed by atoms with Gasteiger partial charge in [-0.05, 0) is 170 Å². The smallest absolute Gasteiger partial charge is 0.407 e. The Labute approximate surface area is 816 Å². The molecular weight excluding hydrogens is 1860 g/mol. The summed E-state index contributed by atoms with van der Waals surface area (Å²) < 4.78 is 167. The van der Waals surface area contributed by atoms with Crippen molar-refractivity contribution in [2.45, 2.75) is 195 Å². The highest BCUT2D eigenvalue weighted by Crippen LogP contribution is 2.28. The highest BCUT2D eigenvalue weighted by atomic mass is 35.5. The van der Waals surface area contributed by atoms with Gasteiger partial charge >= 0.3 is 42.0 Å². The van der Waals surface area contributed by atoms with E-state index in [1.54, 1.807) is 152 Å². The standard InChI is InChI=1S/C37H50F4N2O12.C32H52N2O11.C26H42N2O10.ClH/c1-36(2,3)54-30(45)23-52-25-9-7-24(8-10-25)21-28(34(46)53-33-31(40)26(38)22-27(39)32(33)41)43-29(44)11-13-48-15-17-50-19-20-51-18-16-49-14-12-42-35(47)55-37(4,5)6;1-24(35)27(22-25-8-10-26(11-9-25)43-23-29(37)44-31(2,3)4)34-28(36)12-14-39-16-18-41-20-21-42-19-17-40-15-13-33-30(38)45-32(5,6)7;1-26(2,3)38-24(30)19-37-21-6-4-20(5-7-21)18-22(25(31)32)28-23(29)8-10-33-12-14-35-16-17-36-15-13-34-11-9-27;/h7-10,22,28H,11-21,23H2,1-6H3,(H,42,47)(H,43,44);8-11,27H,12-23H2,1-7H3,(H,33,38)(H,34,36);4-7,22H,8-19,27H2,1-3H3,(H,28,29)(H,31,32);1H. The number of ether oxygens (including phenoxy) is 21. The minimum atomic E-state index is -1.93.